The number of carbonyl (C=O) groups excluding carboxylic acids is 6. The van der Waals surface area contributed by atoms with E-state index in [0.717, 1.165) is 10.9 Å². The Labute approximate surface area is 418 Å². The normalized spacial score (nSPS) is 21.3. The number of carbonyl (C=O) groups is 7. The number of amides is 6. The Morgan fingerprint density at radius 2 is 1.53 bits per heavy atom. The van der Waals surface area contributed by atoms with Crippen LogP contribution in [0.2, 0.25) is 0 Å². The average molecular weight is 1010 g/mol. The first-order valence-corrected chi connectivity index (χ1v) is 24.9. The van der Waals surface area contributed by atoms with Crippen LogP contribution < -0.4 is 49.1 Å². The zero-order chi connectivity index (χ0) is 51.6. The molecule has 6 rings (SSSR count). The number of aromatic amines is 2. The lowest BCUT2D eigenvalue weighted by Gasteiger charge is -2.28. The second-order valence-corrected chi connectivity index (χ2v) is 18.4. The van der Waals surface area contributed by atoms with Crippen LogP contribution in [0.4, 0.5) is 0 Å². The van der Waals surface area contributed by atoms with Crippen molar-refractivity contribution in [2.75, 3.05) is 18.6 Å². The lowest BCUT2D eigenvalue weighted by Crippen LogP contribution is -2.60. The zero-order valence-corrected chi connectivity index (χ0v) is 40.5. The van der Waals surface area contributed by atoms with Crippen molar-refractivity contribution >= 4 is 70.0 Å². The molecule has 2 bridgehead atoms. The molecule has 384 valence electrons. The van der Waals surface area contributed by atoms with Gasteiger partial charge in [0.1, 0.15) is 36.3 Å². The molecule has 0 fully saturated rings. The maximum atomic E-state index is 14.8. The van der Waals surface area contributed by atoms with Gasteiger partial charge in [0.15, 0.2) is 5.96 Å². The van der Waals surface area contributed by atoms with Crippen LogP contribution in [-0.2, 0) is 65.8 Å². The number of hydrogen-bond acceptors (Lipinski definition) is 13. The lowest BCUT2D eigenvalue weighted by molar-refractivity contribution is -0.142. The number of para-hydroxylation sites is 1. The number of aryl methyl sites for hydroxylation is 1. The summed E-state index contributed by atoms with van der Waals surface area (Å²) in [6.07, 6.45) is 8.22. The fraction of sp³-hybridized carbons (Fsp3) is 0.426. The van der Waals surface area contributed by atoms with Crippen molar-refractivity contribution in [3.05, 3.63) is 102 Å². The lowest BCUT2D eigenvalue weighted by atomic mass is 10.0. The molecule has 0 spiro atoms. The molecule has 24 nitrogen and oxygen atoms in total. The van der Waals surface area contributed by atoms with E-state index in [4.69, 9.17) is 17.2 Å². The molecule has 5 aromatic rings. The number of guanidine groups is 1. The maximum absolute atomic E-state index is 14.8. The first kappa shape index (κ1) is 53.5. The highest BCUT2D eigenvalue weighted by Gasteiger charge is 2.35. The highest BCUT2D eigenvalue weighted by molar-refractivity contribution is 7.98. The molecule has 6 amide bonds. The number of aromatic nitrogens is 6. The van der Waals surface area contributed by atoms with E-state index in [0.29, 0.717) is 29.0 Å². The minimum absolute atomic E-state index is 0.0378. The zero-order valence-electron chi connectivity index (χ0n) is 39.7. The molecule has 0 saturated heterocycles. The second kappa shape index (κ2) is 26.4. The molecule has 7 atom stereocenters. The average Bonchev–Trinajstić information content (AvgIpc) is 4.15. The van der Waals surface area contributed by atoms with Crippen molar-refractivity contribution in [3.8, 4) is 0 Å². The molecule has 0 radical (unpaired) electrons. The number of imidazole rings is 1. The van der Waals surface area contributed by atoms with Gasteiger partial charge < -0.3 is 64.2 Å². The smallest absolute Gasteiger partial charge is 0.326 e. The van der Waals surface area contributed by atoms with Gasteiger partial charge in [0, 0.05) is 74.0 Å². The van der Waals surface area contributed by atoms with Gasteiger partial charge in [-0.1, -0.05) is 53.7 Å². The monoisotopic (exact) mass is 1010 g/mol. The summed E-state index contributed by atoms with van der Waals surface area (Å²) in [5.74, 6) is -5.63. The molecule has 72 heavy (non-hydrogen) atoms. The van der Waals surface area contributed by atoms with Gasteiger partial charge in [0.25, 0.3) is 0 Å². The number of thioether (sulfide) groups is 1. The first-order chi connectivity index (χ1) is 34.7. The third-order valence-electron chi connectivity index (χ3n) is 11.9. The third kappa shape index (κ3) is 15.9. The number of aliphatic imine (C=N–C) groups is 1. The summed E-state index contributed by atoms with van der Waals surface area (Å²) in [4.78, 5) is 113. The van der Waals surface area contributed by atoms with Crippen LogP contribution in [0, 0.1) is 0 Å². The van der Waals surface area contributed by atoms with Gasteiger partial charge in [-0.15, -0.1) is 5.10 Å². The fourth-order valence-corrected chi connectivity index (χ4v) is 8.56. The van der Waals surface area contributed by atoms with Gasteiger partial charge in [-0.25, -0.2) is 9.78 Å². The number of nitrogens with zero attached hydrogens (tertiary/aromatic N) is 5. The molecular weight excluding hydrogens is 949 g/mol. The number of hydrogen-bond donors (Lipinski definition) is 12. The van der Waals surface area contributed by atoms with Crippen LogP contribution in [0.25, 0.3) is 10.9 Å². The van der Waals surface area contributed by atoms with Gasteiger partial charge in [-0.3, -0.25) is 38.4 Å². The fourth-order valence-electron chi connectivity index (χ4n) is 8.08. The van der Waals surface area contributed by atoms with Crippen molar-refractivity contribution < 1.29 is 38.7 Å². The number of fused-ring (bicyclic) bond motifs is 3. The van der Waals surface area contributed by atoms with Crippen molar-refractivity contribution in [2.24, 2.45) is 22.2 Å². The number of aliphatic carboxylic acids is 1. The summed E-state index contributed by atoms with van der Waals surface area (Å²) >= 11 is 1.40. The molecule has 0 saturated carbocycles. The van der Waals surface area contributed by atoms with E-state index in [-0.39, 0.29) is 76.1 Å². The van der Waals surface area contributed by atoms with E-state index >= 15 is 0 Å². The van der Waals surface area contributed by atoms with E-state index in [1.807, 2.05) is 24.3 Å². The van der Waals surface area contributed by atoms with Crippen LogP contribution in [0.3, 0.4) is 0 Å². The summed E-state index contributed by atoms with van der Waals surface area (Å²) in [5, 5.41) is 35.6. The molecule has 4 heterocycles. The molecule has 1 aliphatic rings. The number of nitrogens with two attached hydrogens (primary N) is 3. The molecular formula is C47H62N16O8S. The van der Waals surface area contributed by atoms with Crippen molar-refractivity contribution in [2.45, 2.75) is 107 Å². The minimum Gasteiger partial charge on any atom is -0.480 e. The van der Waals surface area contributed by atoms with E-state index in [1.165, 1.54) is 29.0 Å². The number of carboxylic acids is 1. The van der Waals surface area contributed by atoms with Crippen LogP contribution in [0.15, 0.2) is 84.5 Å². The quantitative estimate of drug-likeness (QED) is 0.0310. The van der Waals surface area contributed by atoms with Gasteiger partial charge in [0.05, 0.1) is 18.1 Å². The van der Waals surface area contributed by atoms with Gasteiger partial charge in [0.2, 0.25) is 35.4 Å². The Balaban J connectivity index is 1.40. The Morgan fingerprint density at radius 1 is 0.861 bits per heavy atom. The van der Waals surface area contributed by atoms with Crippen LogP contribution >= 0.6 is 11.8 Å². The third-order valence-corrected chi connectivity index (χ3v) is 12.6. The van der Waals surface area contributed by atoms with Gasteiger partial charge >= 0.3 is 5.97 Å². The highest BCUT2D eigenvalue weighted by atomic mass is 32.2. The standard InChI is InChI=1S/C47H62N16O8S/c1-72-18-15-35(46(70)71)56-44(68)39-22-30-25-63(62-61-30)17-8-12-32(48)40(64)57-38(21-29-24-51-26-54-29)45(69)58-36(19-27-9-3-2-4-10-27)42(66)55-34(14-7-16-52-47(49)50)41(65)59-37(43(67)60-39)20-28-23-53-33-13-6-5-11-31(28)33/h2-6,9-11,13,23-26,32,34-39,53H,7-8,12,14-22,48H2,1H3,(H,51,54)(H,55,66)(H,56,68)(H,57,64)(H,58,69)(H,59,65)(H,60,67)(H,70,71)(H4,49,50,52)/t32-,34-,35-,36+,37-,38-,39-/m0/s1. The predicted octanol–water partition coefficient (Wildman–Crippen LogP) is -1.33. The maximum Gasteiger partial charge on any atom is 0.326 e. The van der Waals surface area contributed by atoms with E-state index < -0.39 is 83.7 Å². The summed E-state index contributed by atoms with van der Waals surface area (Å²) < 4.78 is 1.48. The number of rotatable bonds is 16. The Kier molecular flexibility index (Phi) is 19.7. The molecule has 2 aromatic carbocycles. The molecule has 25 heteroatoms. The second-order valence-electron chi connectivity index (χ2n) is 17.4. The first-order valence-electron chi connectivity index (χ1n) is 23.5. The molecule has 3 aromatic heterocycles. The summed E-state index contributed by atoms with van der Waals surface area (Å²) in [6.45, 7) is 0.297. The summed E-state index contributed by atoms with van der Waals surface area (Å²) in [6, 6.07) is 7.07. The van der Waals surface area contributed by atoms with Crippen LogP contribution in [0.5, 0.6) is 0 Å². The molecule has 0 aliphatic carbocycles. The van der Waals surface area contributed by atoms with Gasteiger partial charge in [-0.05, 0) is 61.3 Å². The Morgan fingerprint density at radius 3 is 2.24 bits per heavy atom. The Bertz CT molecular complexity index is 2660. The summed E-state index contributed by atoms with van der Waals surface area (Å²) in [5.41, 5.74) is 20.4. The largest absolute Gasteiger partial charge is 0.480 e. The van der Waals surface area contributed by atoms with Crippen molar-refractivity contribution in [1.82, 2.24) is 61.8 Å². The number of carboxylic acid groups (broad SMARTS) is 1. The predicted molar refractivity (Wildman–Crippen MR) is 268 cm³/mol. The van der Waals surface area contributed by atoms with E-state index in [1.54, 1.807) is 49.0 Å². The molecule has 1 aliphatic heterocycles. The van der Waals surface area contributed by atoms with E-state index in [9.17, 15) is 38.7 Å². The van der Waals surface area contributed by atoms with Crippen LogP contribution in [-0.4, -0.2) is 143 Å². The SMILES string of the molecule is CSCC[C@H](NC(=O)[C@@H]1Cc2cn(nn2)CCC[C@H](N)C(=O)N[C@@H](Cc2cnc[nH]2)C(=O)N[C@H](Cc2ccccc2)C(=O)N[C@@H](CCCN=C(N)N)C(=O)N[C@@H](Cc2c[nH]c3ccccc23)C(=O)N1)C(=O)O. The Hall–Kier alpha value is -7.80. The van der Waals surface area contributed by atoms with Crippen LogP contribution in [0.1, 0.15) is 54.6 Å². The minimum atomic E-state index is -1.42. The van der Waals surface area contributed by atoms with Gasteiger partial charge in [-0.2, -0.15) is 11.8 Å². The number of nitrogens with one attached hydrogen (secondary N) is 8. The highest BCUT2D eigenvalue weighted by Crippen LogP contribution is 2.20. The van der Waals surface area contributed by atoms with Crippen molar-refractivity contribution in [1.29, 1.82) is 0 Å². The number of benzene rings is 2. The summed E-state index contributed by atoms with van der Waals surface area (Å²) in [7, 11) is 0. The van der Waals surface area contributed by atoms with E-state index in [2.05, 4.69) is 62.2 Å². The molecule has 0 unspecified atom stereocenters. The topological polar surface area (TPSA) is 378 Å². The van der Waals surface area contributed by atoms with Crippen molar-refractivity contribution in [3.63, 3.8) is 0 Å². The molecule has 15 N–H and O–H groups in total. The number of H-pyrrole nitrogens is 2.